The van der Waals surface area contributed by atoms with E-state index >= 15 is 0 Å². The van der Waals surface area contributed by atoms with Crippen LogP contribution in [0.2, 0.25) is 0 Å². The largest absolute Gasteiger partial charge is 0.383 e. The Labute approximate surface area is 203 Å². The van der Waals surface area contributed by atoms with E-state index in [4.69, 9.17) is 4.99 Å². The molecular weight excluding hydrogens is 509 g/mol. The number of aliphatic hydroxyl groups is 1. The molecule has 0 radical (unpaired) electrons. The Kier molecular flexibility index (Phi) is 10.3. The summed E-state index contributed by atoms with van der Waals surface area (Å²) >= 11 is 1.58. The average molecular weight is 550 g/mol. The van der Waals surface area contributed by atoms with Gasteiger partial charge in [0.15, 0.2) is 5.96 Å². The number of likely N-dealkylation sites (tertiary alicyclic amines) is 2. The van der Waals surface area contributed by atoms with Crippen LogP contribution in [-0.4, -0.2) is 79.3 Å². The summed E-state index contributed by atoms with van der Waals surface area (Å²) in [5.41, 5.74) is -0.728. The van der Waals surface area contributed by atoms with Crippen LogP contribution in [0.3, 0.4) is 0 Å². The van der Waals surface area contributed by atoms with Gasteiger partial charge in [-0.1, -0.05) is 12.5 Å². The molecule has 1 unspecified atom stereocenters. The minimum atomic E-state index is -0.936. The van der Waals surface area contributed by atoms with Gasteiger partial charge in [-0.05, 0) is 84.2 Å². The summed E-state index contributed by atoms with van der Waals surface area (Å²) < 4.78 is 0. The third kappa shape index (κ3) is 6.79. The number of nitrogens with one attached hydrogen (secondary N) is 2. The second-order valence-electron chi connectivity index (χ2n) is 8.88. The summed E-state index contributed by atoms with van der Waals surface area (Å²) in [6, 6.07) is 3.95. The molecule has 0 bridgehead atoms. The number of thiophene rings is 1. The van der Waals surface area contributed by atoms with Gasteiger partial charge in [0.25, 0.3) is 0 Å². The van der Waals surface area contributed by atoms with Gasteiger partial charge in [-0.15, -0.1) is 35.3 Å². The Morgan fingerprint density at radius 2 is 1.90 bits per heavy atom. The van der Waals surface area contributed by atoms with Crippen molar-refractivity contribution in [1.82, 2.24) is 20.4 Å². The summed E-state index contributed by atoms with van der Waals surface area (Å²) in [4.78, 5) is 10.9. The zero-order valence-corrected chi connectivity index (χ0v) is 22.0. The van der Waals surface area contributed by atoms with Crippen LogP contribution in [0.4, 0.5) is 0 Å². The number of halogens is 1. The number of guanidine groups is 1. The fourth-order valence-electron chi connectivity index (χ4n) is 4.49. The average Bonchev–Trinajstić information content (AvgIpc) is 3.28. The Morgan fingerprint density at radius 3 is 2.50 bits per heavy atom. The van der Waals surface area contributed by atoms with Gasteiger partial charge in [0.2, 0.25) is 0 Å². The number of hydrogen-bond acceptors (Lipinski definition) is 5. The normalized spacial score (nSPS) is 22.7. The van der Waals surface area contributed by atoms with Gasteiger partial charge in [-0.25, -0.2) is 4.99 Å². The van der Waals surface area contributed by atoms with Crippen LogP contribution in [0.5, 0.6) is 0 Å². The van der Waals surface area contributed by atoms with Gasteiger partial charge in [-0.3, -0.25) is 4.90 Å². The summed E-state index contributed by atoms with van der Waals surface area (Å²) in [6.07, 6.45) is 6.39. The number of aliphatic imine (C=N–C) groups is 1. The minimum Gasteiger partial charge on any atom is -0.383 e. The molecule has 1 atom stereocenters. The van der Waals surface area contributed by atoms with Crippen LogP contribution in [-0.2, 0) is 5.60 Å². The molecule has 3 heterocycles. The van der Waals surface area contributed by atoms with E-state index in [9.17, 15) is 5.11 Å². The highest BCUT2D eigenvalue weighted by molar-refractivity contribution is 14.0. The zero-order valence-electron chi connectivity index (χ0n) is 18.8. The van der Waals surface area contributed by atoms with Crippen molar-refractivity contribution in [2.75, 3.05) is 52.9 Å². The lowest BCUT2D eigenvalue weighted by Gasteiger charge is -2.50. The highest BCUT2D eigenvalue weighted by Gasteiger charge is 2.39. The predicted octanol–water partition coefficient (Wildman–Crippen LogP) is 3.08. The topological polar surface area (TPSA) is 63.1 Å². The maximum atomic E-state index is 10.8. The SMILES string of the molecule is CCNC(=NCC(C)(O)c1cccs1)NCC1(N2CCCCC2)CCN(C)CC1.I. The Balaban J connectivity index is 0.00000320. The van der Waals surface area contributed by atoms with Crippen molar-refractivity contribution in [2.45, 2.75) is 57.1 Å². The van der Waals surface area contributed by atoms with Crippen molar-refractivity contribution < 1.29 is 5.11 Å². The molecule has 2 aliphatic heterocycles. The van der Waals surface area contributed by atoms with Gasteiger partial charge >= 0.3 is 0 Å². The van der Waals surface area contributed by atoms with Gasteiger partial charge in [0, 0.05) is 23.5 Å². The highest BCUT2D eigenvalue weighted by Crippen LogP contribution is 2.31. The quantitative estimate of drug-likeness (QED) is 0.277. The van der Waals surface area contributed by atoms with E-state index in [2.05, 4.69) is 34.4 Å². The second kappa shape index (κ2) is 12.0. The summed E-state index contributed by atoms with van der Waals surface area (Å²) in [7, 11) is 2.23. The molecule has 0 aromatic carbocycles. The van der Waals surface area contributed by atoms with Crippen molar-refractivity contribution in [3.63, 3.8) is 0 Å². The molecule has 1 aromatic heterocycles. The number of hydrogen-bond donors (Lipinski definition) is 3. The molecule has 3 N–H and O–H groups in total. The lowest BCUT2D eigenvalue weighted by atomic mass is 9.84. The van der Waals surface area contributed by atoms with Gasteiger partial charge < -0.3 is 20.6 Å². The lowest BCUT2D eigenvalue weighted by Crippen LogP contribution is -2.62. The van der Waals surface area contributed by atoms with Crippen LogP contribution in [0.1, 0.15) is 50.8 Å². The van der Waals surface area contributed by atoms with E-state index in [1.165, 1.54) is 45.2 Å². The van der Waals surface area contributed by atoms with Crippen LogP contribution in [0.25, 0.3) is 0 Å². The lowest BCUT2D eigenvalue weighted by molar-refractivity contribution is 0.0172. The number of rotatable bonds is 7. The number of piperidine rings is 2. The summed E-state index contributed by atoms with van der Waals surface area (Å²) in [5.74, 6) is 0.805. The first-order valence-electron chi connectivity index (χ1n) is 11.2. The molecule has 0 spiro atoms. The van der Waals surface area contributed by atoms with E-state index in [0.717, 1.165) is 37.0 Å². The minimum absolute atomic E-state index is 0. The van der Waals surface area contributed by atoms with Crippen molar-refractivity contribution >= 4 is 41.3 Å². The fraction of sp³-hybridized carbons (Fsp3) is 0.773. The van der Waals surface area contributed by atoms with Crippen molar-refractivity contribution in [1.29, 1.82) is 0 Å². The first kappa shape index (κ1) is 25.8. The standard InChI is InChI=1S/C22H39N5OS.HI/c1-4-23-20(24-17-21(2,28)19-9-8-16-29-19)25-18-22(10-14-26(3)15-11-22)27-12-6-5-7-13-27;/h8-9,16,28H,4-7,10-15,17-18H2,1-3H3,(H2,23,24,25);1H. The van der Waals surface area contributed by atoms with Gasteiger partial charge in [0.1, 0.15) is 5.60 Å². The zero-order chi connectivity index (χ0) is 20.7. The molecule has 30 heavy (non-hydrogen) atoms. The first-order chi connectivity index (χ1) is 14.0. The Hall–Kier alpha value is -0.420. The van der Waals surface area contributed by atoms with Crippen LogP contribution >= 0.6 is 35.3 Å². The smallest absolute Gasteiger partial charge is 0.191 e. The maximum absolute atomic E-state index is 10.8. The van der Waals surface area contributed by atoms with Crippen molar-refractivity contribution in [3.8, 4) is 0 Å². The monoisotopic (exact) mass is 549 g/mol. The molecule has 2 fully saturated rings. The van der Waals surface area contributed by atoms with E-state index in [1.807, 2.05) is 24.4 Å². The summed E-state index contributed by atoms with van der Waals surface area (Å²) in [6.45, 7) is 10.7. The molecule has 0 amide bonds. The third-order valence-electron chi connectivity index (χ3n) is 6.47. The highest BCUT2D eigenvalue weighted by atomic mass is 127. The number of nitrogens with zero attached hydrogens (tertiary/aromatic N) is 3. The molecule has 8 heteroatoms. The molecule has 172 valence electrons. The van der Waals surface area contributed by atoms with Crippen LogP contribution < -0.4 is 10.6 Å². The van der Waals surface area contributed by atoms with E-state index < -0.39 is 5.60 Å². The maximum Gasteiger partial charge on any atom is 0.191 e. The molecule has 1 aromatic rings. The second-order valence-corrected chi connectivity index (χ2v) is 9.82. The molecule has 3 rings (SSSR count). The van der Waals surface area contributed by atoms with E-state index in [0.29, 0.717) is 6.54 Å². The molecule has 2 saturated heterocycles. The van der Waals surface area contributed by atoms with Gasteiger partial charge in [-0.2, -0.15) is 0 Å². The Bertz CT molecular complexity index is 638. The van der Waals surface area contributed by atoms with Crippen LogP contribution in [0, 0.1) is 0 Å². The Morgan fingerprint density at radius 1 is 1.20 bits per heavy atom. The molecule has 0 aliphatic carbocycles. The van der Waals surface area contributed by atoms with Crippen molar-refractivity contribution in [2.24, 2.45) is 4.99 Å². The predicted molar refractivity (Wildman–Crippen MR) is 138 cm³/mol. The van der Waals surface area contributed by atoms with Crippen LogP contribution in [0.15, 0.2) is 22.5 Å². The van der Waals surface area contributed by atoms with E-state index in [1.54, 1.807) is 11.3 Å². The first-order valence-corrected chi connectivity index (χ1v) is 12.1. The molecular formula is C22H40IN5OS. The van der Waals surface area contributed by atoms with E-state index in [-0.39, 0.29) is 29.5 Å². The van der Waals surface area contributed by atoms with Gasteiger partial charge in [0.05, 0.1) is 6.54 Å². The fourth-order valence-corrected chi connectivity index (χ4v) is 5.27. The summed E-state index contributed by atoms with van der Waals surface area (Å²) in [5, 5.41) is 19.8. The molecule has 6 nitrogen and oxygen atoms in total. The molecule has 2 aliphatic rings. The van der Waals surface area contributed by atoms with Crippen molar-refractivity contribution in [3.05, 3.63) is 22.4 Å². The molecule has 0 saturated carbocycles. The third-order valence-corrected chi connectivity index (χ3v) is 7.59.